The van der Waals surface area contributed by atoms with Crippen molar-refractivity contribution in [3.05, 3.63) is 46.4 Å². The lowest BCUT2D eigenvalue weighted by Crippen LogP contribution is -2.27. The summed E-state index contributed by atoms with van der Waals surface area (Å²) in [5.74, 6) is -1.17. The van der Waals surface area contributed by atoms with Crippen LogP contribution in [0.25, 0.3) is 0 Å². The highest BCUT2D eigenvalue weighted by Gasteiger charge is 2.20. The van der Waals surface area contributed by atoms with Crippen LogP contribution in [-0.2, 0) is 10.0 Å². The number of thiazole rings is 1. The zero-order valence-corrected chi connectivity index (χ0v) is 12.1. The number of benzene rings is 1. The highest BCUT2D eigenvalue weighted by Crippen LogP contribution is 2.19. The first-order valence-corrected chi connectivity index (χ1v) is 8.01. The van der Waals surface area contributed by atoms with Crippen LogP contribution in [0.5, 0.6) is 0 Å². The zero-order valence-electron chi connectivity index (χ0n) is 10.5. The third kappa shape index (κ3) is 3.21. The van der Waals surface area contributed by atoms with Gasteiger partial charge in [-0.1, -0.05) is 6.07 Å². The van der Waals surface area contributed by atoms with Gasteiger partial charge in [0.25, 0.3) is 0 Å². The van der Waals surface area contributed by atoms with Crippen LogP contribution in [0.3, 0.4) is 0 Å². The Labute approximate surface area is 120 Å². The minimum Gasteiger partial charge on any atom is -0.478 e. The Morgan fingerprint density at radius 1 is 1.45 bits per heavy atom. The van der Waals surface area contributed by atoms with E-state index in [1.54, 1.807) is 18.5 Å². The molecule has 0 aliphatic carbocycles. The maximum Gasteiger partial charge on any atom is 0.335 e. The second kappa shape index (κ2) is 5.70. The predicted octanol–water partition coefficient (Wildman–Crippen LogP) is 1.88. The monoisotopic (exact) mass is 312 g/mol. The van der Waals surface area contributed by atoms with Crippen molar-refractivity contribution in [2.24, 2.45) is 0 Å². The molecule has 0 aliphatic rings. The number of nitrogens with one attached hydrogen (secondary N) is 1. The fourth-order valence-electron chi connectivity index (χ4n) is 1.60. The third-order valence-corrected chi connectivity index (χ3v) is 5.04. The number of carboxylic acid groups (broad SMARTS) is 1. The van der Waals surface area contributed by atoms with Gasteiger partial charge < -0.3 is 5.11 Å². The highest BCUT2D eigenvalue weighted by molar-refractivity contribution is 7.89. The first-order chi connectivity index (χ1) is 9.40. The van der Waals surface area contributed by atoms with Crippen LogP contribution in [0.2, 0.25) is 0 Å². The average Bonchev–Trinajstić information content (AvgIpc) is 2.92. The molecule has 8 heteroatoms. The first-order valence-electron chi connectivity index (χ1n) is 5.65. The minimum atomic E-state index is -3.79. The Morgan fingerprint density at radius 3 is 2.80 bits per heavy atom. The lowest BCUT2D eigenvalue weighted by molar-refractivity contribution is 0.0696. The summed E-state index contributed by atoms with van der Waals surface area (Å²) in [4.78, 5) is 14.8. The van der Waals surface area contributed by atoms with Gasteiger partial charge in [-0.05, 0) is 25.1 Å². The van der Waals surface area contributed by atoms with Gasteiger partial charge in [0.2, 0.25) is 10.0 Å². The number of rotatable bonds is 5. The smallest absolute Gasteiger partial charge is 0.335 e. The maximum absolute atomic E-state index is 12.2. The second-order valence-corrected chi connectivity index (χ2v) is 6.69. The van der Waals surface area contributed by atoms with E-state index in [4.69, 9.17) is 5.11 Å². The van der Waals surface area contributed by atoms with Gasteiger partial charge in [-0.25, -0.2) is 22.9 Å². The summed E-state index contributed by atoms with van der Waals surface area (Å²) in [6.07, 6.45) is 1.59. The molecule has 0 fully saturated rings. The van der Waals surface area contributed by atoms with Crippen molar-refractivity contribution >= 4 is 27.3 Å². The van der Waals surface area contributed by atoms with E-state index in [1.807, 2.05) is 0 Å². The minimum absolute atomic E-state index is 0.0743. The van der Waals surface area contributed by atoms with Gasteiger partial charge in [0, 0.05) is 11.6 Å². The average molecular weight is 312 g/mol. The molecule has 1 aromatic carbocycles. The summed E-state index contributed by atoms with van der Waals surface area (Å²) in [5, 5.41) is 11.3. The van der Waals surface area contributed by atoms with E-state index in [9.17, 15) is 13.2 Å². The van der Waals surface area contributed by atoms with Gasteiger partial charge in [-0.2, -0.15) is 0 Å². The van der Waals surface area contributed by atoms with Crippen LogP contribution in [0.15, 0.2) is 40.7 Å². The Balaban J connectivity index is 2.26. The molecule has 0 aliphatic heterocycles. The van der Waals surface area contributed by atoms with Crippen molar-refractivity contribution in [3.8, 4) is 0 Å². The van der Waals surface area contributed by atoms with Gasteiger partial charge in [0.05, 0.1) is 16.5 Å². The number of aromatic nitrogens is 1. The zero-order chi connectivity index (χ0) is 14.8. The molecule has 1 atom stereocenters. The number of sulfonamides is 1. The SMILES string of the molecule is CC(NS(=O)(=O)c1cccc(C(=O)O)c1)c1nccs1. The molecular formula is C12H12N2O4S2. The van der Waals surface area contributed by atoms with E-state index in [-0.39, 0.29) is 10.5 Å². The number of aromatic carboxylic acids is 1. The topological polar surface area (TPSA) is 96.4 Å². The quantitative estimate of drug-likeness (QED) is 0.878. The molecule has 0 spiro atoms. The normalized spacial score (nSPS) is 13.1. The first kappa shape index (κ1) is 14.6. The number of nitrogens with zero attached hydrogens (tertiary/aromatic N) is 1. The molecule has 1 unspecified atom stereocenters. The number of carbonyl (C=O) groups is 1. The van der Waals surface area contributed by atoms with E-state index in [0.717, 1.165) is 6.07 Å². The molecule has 6 nitrogen and oxygen atoms in total. The molecule has 106 valence electrons. The summed E-state index contributed by atoms with van der Waals surface area (Å²) in [6, 6.07) is 4.73. The summed E-state index contributed by atoms with van der Waals surface area (Å²) in [5.41, 5.74) is -0.0743. The van der Waals surface area contributed by atoms with Gasteiger partial charge in [0.1, 0.15) is 5.01 Å². The number of hydrogen-bond donors (Lipinski definition) is 2. The van der Waals surface area contributed by atoms with Crippen LogP contribution in [0.1, 0.15) is 28.3 Å². The Hall–Kier alpha value is -1.77. The van der Waals surface area contributed by atoms with Crippen molar-refractivity contribution in [2.45, 2.75) is 17.9 Å². The van der Waals surface area contributed by atoms with Crippen molar-refractivity contribution in [2.75, 3.05) is 0 Å². The van der Waals surface area contributed by atoms with E-state index < -0.39 is 22.0 Å². The molecule has 1 aromatic heterocycles. The standard InChI is InChI=1S/C12H12N2O4S2/c1-8(11-13-5-6-19-11)14-20(17,18)10-4-2-3-9(7-10)12(15)16/h2-8,14H,1H3,(H,15,16). The lowest BCUT2D eigenvalue weighted by Gasteiger charge is -2.12. The molecule has 2 aromatic rings. The maximum atomic E-state index is 12.2. The summed E-state index contributed by atoms with van der Waals surface area (Å²) >= 11 is 1.34. The van der Waals surface area contributed by atoms with Crippen molar-refractivity contribution in [3.63, 3.8) is 0 Å². The molecule has 0 saturated heterocycles. The largest absolute Gasteiger partial charge is 0.478 e. The van der Waals surface area contributed by atoms with Crippen LogP contribution in [0.4, 0.5) is 0 Å². The molecule has 20 heavy (non-hydrogen) atoms. The van der Waals surface area contributed by atoms with Gasteiger partial charge in [-0.15, -0.1) is 11.3 Å². The third-order valence-electron chi connectivity index (χ3n) is 2.55. The van der Waals surface area contributed by atoms with E-state index in [0.29, 0.717) is 5.01 Å². The van der Waals surface area contributed by atoms with Gasteiger partial charge in [0.15, 0.2) is 0 Å². The fraction of sp³-hybridized carbons (Fsp3) is 0.167. The summed E-state index contributed by atoms with van der Waals surface area (Å²) in [6.45, 7) is 1.68. The molecule has 2 rings (SSSR count). The second-order valence-electron chi connectivity index (χ2n) is 4.05. The van der Waals surface area contributed by atoms with Crippen LogP contribution < -0.4 is 4.72 Å². The predicted molar refractivity (Wildman–Crippen MR) is 74.3 cm³/mol. The molecule has 1 heterocycles. The molecule has 0 radical (unpaired) electrons. The molecule has 0 amide bonds. The Morgan fingerprint density at radius 2 is 2.20 bits per heavy atom. The van der Waals surface area contributed by atoms with Crippen LogP contribution >= 0.6 is 11.3 Å². The Kier molecular flexibility index (Phi) is 4.17. The lowest BCUT2D eigenvalue weighted by atomic mass is 10.2. The van der Waals surface area contributed by atoms with Crippen molar-refractivity contribution in [1.82, 2.24) is 9.71 Å². The van der Waals surface area contributed by atoms with E-state index in [2.05, 4.69) is 9.71 Å². The fourth-order valence-corrected chi connectivity index (χ4v) is 3.57. The molecule has 0 bridgehead atoms. The van der Waals surface area contributed by atoms with Crippen molar-refractivity contribution < 1.29 is 18.3 Å². The van der Waals surface area contributed by atoms with Crippen LogP contribution in [-0.4, -0.2) is 24.5 Å². The summed E-state index contributed by atoms with van der Waals surface area (Å²) < 4.78 is 26.8. The molecule has 2 N–H and O–H groups in total. The van der Waals surface area contributed by atoms with Gasteiger partial charge >= 0.3 is 5.97 Å². The number of hydrogen-bond acceptors (Lipinski definition) is 5. The molecular weight excluding hydrogens is 300 g/mol. The Bertz CT molecular complexity index is 711. The summed E-state index contributed by atoms with van der Waals surface area (Å²) in [7, 11) is -3.79. The number of carboxylic acids is 1. The van der Waals surface area contributed by atoms with Crippen LogP contribution in [0, 0.1) is 0 Å². The molecule has 0 saturated carbocycles. The van der Waals surface area contributed by atoms with Gasteiger partial charge in [-0.3, -0.25) is 0 Å². The van der Waals surface area contributed by atoms with E-state index >= 15 is 0 Å². The highest BCUT2D eigenvalue weighted by atomic mass is 32.2. The van der Waals surface area contributed by atoms with Crippen molar-refractivity contribution in [1.29, 1.82) is 0 Å². The van der Waals surface area contributed by atoms with E-state index in [1.165, 1.54) is 29.5 Å².